The second-order valence-electron chi connectivity index (χ2n) is 9.59. The molecule has 0 radical (unpaired) electrons. The van der Waals surface area contributed by atoms with Crippen molar-refractivity contribution in [3.63, 3.8) is 0 Å². The molecule has 0 N–H and O–H groups in total. The predicted octanol–water partition coefficient (Wildman–Crippen LogP) is 8.33. The van der Waals surface area contributed by atoms with E-state index in [0.29, 0.717) is 0 Å². The Balaban J connectivity index is 1.47. The van der Waals surface area contributed by atoms with Crippen molar-refractivity contribution >= 4 is 0 Å². The zero-order valence-electron chi connectivity index (χ0n) is 19.7. The van der Waals surface area contributed by atoms with Crippen LogP contribution >= 0.6 is 0 Å². The van der Waals surface area contributed by atoms with Gasteiger partial charge in [-0.05, 0) is 61.3 Å². The monoisotopic (exact) mass is 424 g/mol. The van der Waals surface area contributed by atoms with Gasteiger partial charge in [0.05, 0.1) is 11.4 Å². The molecule has 1 heterocycles. The first-order chi connectivity index (χ1) is 15.2. The highest BCUT2D eigenvalue weighted by Gasteiger charge is 2.20. The minimum absolute atomic E-state index is 0.0982. The van der Waals surface area contributed by atoms with Gasteiger partial charge < -0.3 is 0 Å². The van der Waals surface area contributed by atoms with E-state index >= 15 is 0 Å². The van der Waals surface area contributed by atoms with E-state index in [2.05, 4.69) is 24.0 Å². The highest BCUT2D eigenvalue weighted by Crippen LogP contribution is 2.34. The van der Waals surface area contributed by atoms with Crippen molar-refractivity contribution in [3.8, 4) is 11.3 Å². The van der Waals surface area contributed by atoms with Crippen molar-refractivity contribution in [1.29, 1.82) is 0 Å². The minimum Gasteiger partial charge on any atom is -0.207 e. The van der Waals surface area contributed by atoms with E-state index < -0.39 is 0 Å². The van der Waals surface area contributed by atoms with Crippen molar-refractivity contribution in [2.75, 3.05) is 0 Å². The van der Waals surface area contributed by atoms with Gasteiger partial charge in [-0.3, -0.25) is 0 Å². The van der Waals surface area contributed by atoms with Gasteiger partial charge in [0, 0.05) is 5.56 Å². The van der Waals surface area contributed by atoms with Crippen molar-refractivity contribution in [2.24, 2.45) is 11.8 Å². The number of aryl methyl sites for hydroxylation is 2. The van der Waals surface area contributed by atoms with Crippen molar-refractivity contribution in [3.05, 3.63) is 47.4 Å². The maximum Gasteiger partial charge on any atom is 0.127 e. The van der Waals surface area contributed by atoms with Crippen LogP contribution in [-0.4, -0.2) is 10.2 Å². The summed E-state index contributed by atoms with van der Waals surface area (Å²) in [7, 11) is 0. The molecule has 1 aliphatic carbocycles. The normalized spacial score (nSPS) is 18.9. The Kier molecular flexibility index (Phi) is 9.96. The predicted molar refractivity (Wildman–Crippen MR) is 129 cm³/mol. The number of rotatable bonds is 12. The molecule has 0 amide bonds. The average molecular weight is 425 g/mol. The number of halogens is 1. The van der Waals surface area contributed by atoms with Crippen molar-refractivity contribution in [1.82, 2.24) is 10.2 Å². The Bertz CT molecular complexity index is 763. The minimum atomic E-state index is -0.0982. The van der Waals surface area contributed by atoms with Gasteiger partial charge in [0.2, 0.25) is 0 Å². The second-order valence-corrected chi connectivity index (χ2v) is 9.59. The van der Waals surface area contributed by atoms with E-state index in [1.807, 2.05) is 24.3 Å². The molecule has 3 rings (SSSR count). The molecule has 0 aliphatic heterocycles. The largest absolute Gasteiger partial charge is 0.207 e. The fraction of sp³-hybridized carbons (Fsp3) is 0.643. The lowest BCUT2D eigenvalue weighted by molar-refractivity contribution is 0.252. The number of unbranched alkanes of at least 4 members (excludes halogenated alkanes) is 4. The summed E-state index contributed by atoms with van der Waals surface area (Å²) in [4.78, 5) is 0. The molecule has 3 heteroatoms. The second kappa shape index (κ2) is 12.9. The number of aromatic nitrogens is 2. The highest BCUT2D eigenvalue weighted by atomic mass is 19.1. The van der Waals surface area contributed by atoms with Gasteiger partial charge in [0.1, 0.15) is 5.82 Å². The van der Waals surface area contributed by atoms with Crippen molar-refractivity contribution in [2.45, 2.75) is 104 Å². The van der Waals surface area contributed by atoms with Gasteiger partial charge in [-0.25, -0.2) is 4.39 Å². The Hall–Kier alpha value is -1.77. The summed E-state index contributed by atoms with van der Waals surface area (Å²) in [6.07, 6.45) is 17.3. The third kappa shape index (κ3) is 7.70. The topological polar surface area (TPSA) is 25.8 Å². The van der Waals surface area contributed by atoms with Crippen LogP contribution in [0.5, 0.6) is 0 Å². The van der Waals surface area contributed by atoms with Crippen LogP contribution in [0.25, 0.3) is 11.3 Å². The molecule has 2 aromatic rings. The van der Waals surface area contributed by atoms with Crippen LogP contribution in [-0.2, 0) is 12.8 Å². The lowest BCUT2D eigenvalue weighted by Gasteiger charge is -2.28. The molecule has 0 spiro atoms. The molecule has 0 atom stereocenters. The third-order valence-electron chi connectivity index (χ3n) is 7.09. The molecule has 2 nitrogen and oxygen atoms in total. The average Bonchev–Trinajstić information content (AvgIpc) is 2.80. The molecule has 1 aromatic carbocycles. The molecular formula is C28H41FN2. The standard InChI is InChI=1S/C28H41FN2/c1-3-5-6-7-8-10-26-19-20-28(31-30-26)25-18-17-24(27(29)21-25)16-15-23-13-11-22(9-4-2)12-14-23/h17-23H,3-16H2,1-2H3. The van der Waals surface area contributed by atoms with Crippen LogP contribution in [0.15, 0.2) is 30.3 Å². The van der Waals surface area contributed by atoms with Gasteiger partial charge >= 0.3 is 0 Å². The van der Waals surface area contributed by atoms with Crippen LogP contribution < -0.4 is 0 Å². The molecule has 31 heavy (non-hydrogen) atoms. The van der Waals surface area contributed by atoms with Crippen LogP contribution in [0, 0.1) is 17.7 Å². The van der Waals surface area contributed by atoms with Gasteiger partial charge in [0.15, 0.2) is 0 Å². The van der Waals surface area contributed by atoms with E-state index in [1.165, 1.54) is 64.2 Å². The molecule has 0 unspecified atom stereocenters. The molecule has 1 aromatic heterocycles. The summed E-state index contributed by atoms with van der Waals surface area (Å²) in [5.74, 6) is 1.61. The Morgan fingerprint density at radius 2 is 1.52 bits per heavy atom. The first-order valence-corrected chi connectivity index (χ1v) is 12.8. The number of nitrogens with zero attached hydrogens (tertiary/aromatic N) is 2. The number of hydrogen-bond acceptors (Lipinski definition) is 2. The molecule has 1 saturated carbocycles. The van der Waals surface area contributed by atoms with E-state index in [9.17, 15) is 4.39 Å². The van der Waals surface area contributed by atoms with E-state index in [-0.39, 0.29) is 5.82 Å². The fourth-order valence-electron chi connectivity index (χ4n) is 5.04. The maximum absolute atomic E-state index is 14.8. The lowest BCUT2D eigenvalue weighted by atomic mass is 9.78. The Morgan fingerprint density at radius 1 is 0.774 bits per heavy atom. The fourth-order valence-corrected chi connectivity index (χ4v) is 5.04. The van der Waals surface area contributed by atoms with Crippen LogP contribution in [0.1, 0.15) is 102 Å². The summed E-state index contributed by atoms with van der Waals surface area (Å²) in [6, 6.07) is 9.63. The molecular weight excluding hydrogens is 383 g/mol. The Morgan fingerprint density at radius 3 is 2.16 bits per heavy atom. The molecule has 0 bridgehead atoms. The summed E-state index contributed by atoms with van der Waals surface area (Å²) in [5.41, 5.74) is 3.46. The first-order valence-electron chi connectivity index (χ1n) is 12.8. The van der Waals surface area contributed by atoms with Crippen LogP contribution in [0.2, 0.25) is 0 Å². The summed E-state index contributed by atoms with van der Waals surface area (Å²) in [5, 5.41) is 8.73. The number of benzene rings is 1. The quantitative estimate of drug-likeness (QED) is 0.320. The van der Waals surface area contributed by atoms with Crippen molar-refractivity contribution < 1.29 is 4.39 Å². The SMILES string of the molecule is CCCCCCCc1ccc(-c2ccc(CCC3CCC(CCC)CC3)c(F)c2)nn1. The van der Waals surface area contributed by atoms with Gasteiger partial charge in [-0.1, -0.05) is 90.2 Å². The summed E-state index contributed by atoms with van der Waals surface area (Å²) < 4.78 is 14.8. The van der Waals surface area contributed by atoms with Crippen LogP contribution in [0.4, 0.5) is 4.39 Å². The summed E-state index contributed by atoms with van der Waals surface area (Å²) >= 11 is 0. The molecule has 0 saturated heterocycles. The Labute approximate surface area is 189 Å². The van der Waals surface area contributed by atoms with Gasteiger partial charge in [0.25, 0.3) is 0 Å². The van der Waals surface area contributed by atoms with Crippen LogP contribution in [0.3, 0.4) is 0 Å². The first kappa shape index (κ1) is 23.9. The van der Waals surface area contributed by atoms with Gasteiger partial charge in [-0.2, -0.15) is 10.2 Å². The van der Waals surface area contributed by atoms with E-state index in [4.69, 9.17) is 0 Å². The molecule has 1 aliphatic rings. The molecule has 1 fully saturated rings. The smallest absolute Gasteiger partial charge is 0.127 e. The summed E-state index contributed by atoms with van der Waals surface area (Å²) in [6.45, 7) is 4.52. The third-order valence-corrected chi connectivity index (χ3v) is 7.09. The molecule has 170 valence electrons. The van der Waals surface area contributed by atoms with Gasteiger partial charge in [-0.15, -0.1) is 0 Å². The van der Waals surface area contributed by atoms with E-state index in [0.717, 1.165) is 60.0 Å². The lowest BCUT2D eigenvalue weighted by Crippen LogP contribution is -2.15. The zero-order chi connectivity index (χ0) is 21.9. The maximum atomic E-state index is 14.8. The highest BCUT2D eigenvalue weighted by molar-refractivity contribution is 5.59. The van der Waals surface area contributed by atoms with E-state index in [1.54, 1.807) is 6.07 Å². The number of hydrogen-bond donors (Lipinski definition) is 0. The zero-order valence-corrected chi connectivity index (χ0v) is 19.7.